The summed E-state index contributed by atoms with van der Waals surface area (Å²) in [6, 6.07) is 44.0. The SMILES string of the molecule is c1ccc(C2=NC3c4c(ccc5cc(-c6ccc7c(c6)c6ccsc6c6ccoc76)ccc45)N(c4ccccc4)C3S2)cc1. The van der Waals surface area contributed by atoms with Gasteiger partial charge in [-0.3, -0.25) is 4.99 Å². The van der Waals surface area contributed by atoms with Crippen molar-refractivity contribution in [2.45, 2.75) is 11.4 Å². The normalized spacial score (nSPS) is 17.5. The molecule has 2 aliphatic heterocycles. The van der Waals surface area contributed by atoms with E-state index in [4.69, 9.17) is 9.41 Å². The van der Waals surface area contributed by atoms with E-state index in [1.165, 1.54) is 65.3 Å². The van der Waals surface area contributed by atoms with Crippen molar-refractivity contribution in [3.8, 4) is 11.1 Å². The van der Waals surface area contributed by atoms with Gasteiger partial charge in [-0.2, -0.15) is 0 Å². The van der Waals surface area contributed by atoms with Crippen LogP contribution in [0.25, 0.3) is 53.7 Å². The quantitative estimate of drug-likeness (QED) is 0.202. The average Bonchev–Trinajstić information content (AvgIpc) is 3.88. The largest absolute Gasteiger partial charge is 0.464 e. The standard InChI is InChI=1S/C39H24N2OS2/c1-3-7-23(8-4-1)38-40-35-34-28-14-11-24(21-26(28)13-16-33(34)41(39(35)44-38)27-9-5-2-6-10-27)25-12-15-29-32(22-25)30-18-20-43-37(30)31-17-19-42-36(29)31/h1-22,35,39H. The predicted octanol–water partition coefficient (Wildman–Crippen LogP) is 11.3. The van der Waals surface area contributed by atoms with E-state index in [0.29, 0.717) is 0 Å². The maximum absolute atomic E-state index is 5.96. The van der Waals surface area contributed by atoms with Gasteiger partial charge in [0, 0.05) is 43.4 Å². The lowest BCUT2D eigenvalue weighted by atomic mass is 9.94. The number of rotatable bonds is 3. The third-order valence-electron chi connectivity index (χ3n) is 9.12. The van der Waals surface area contributed by atoms with Gasteiger partial charge >= 0.3 is 0 Å². The van der Waals surface area contributed by atoms with Gasteiger partial charge in [-0.05, 0) is 81.2 Å². The maximum Gasteiger partial charge on any atom is 0.143 e. The van der Waals surface area contributed by atoms with E-state index >= 15 is 0 Å². The Hall–Kier alpha value is -4.84. The van der Waals surface area contributed by atoms with Gasteiger partial charge in [-0.25, -0.2) is 0 Å². The van der Waals surface area contributed by atoms with Crippen LogP contribution in [0.4, 0.5) is 11.4 Å². The van der Waals surface area contributed by atoms with Gasteiger partial charge in [-0.15, -0.1) is 11.3 Å². The van der Waals surface area contributed by atoms with E-state index in [1.807, 2.05) is 11.8 Å². The molecule has 0 amide bonds. The molecule has 6 aromatic carbocycles. The molecule has 4 heterocycles. The van der Waals surface area contributed by atoms with Gasteiger partial charge in [0.1, 0.15) is 22.0 Å². The monoisotopic (exact) mass is 600 g/mol. The summed E-state index contributed by atoms with van der Waals surface area (Å²) in [6.45, 7) is 0. The Morgan fingerprint density at radius 2 is 1.43 bits per heavy atom. The lowest BCUT2D eigenvalue weighted by molar-refractivity contribution is 0.619. The molecular formula is C39H24N2OS2. The predicted molar refractivity (Wildman–Crippen MR) is 188 cm³/mol. The van der Waals surface area contributed by atoms with Gasteiger partial charge in [0.15, 0.2) is 0 Å². The lowest BCUT2D eigenvalue weighted by Gasteiger charge is -2.26. The molecule has 2 unspecified atom stereocenters. The van der Waals surface area contributed by atoms with Crippen LogP contribution < -0.4 is 4.90 Å². The molecule has 0 saturated heterocycles. The molecular weight excluding hydrogens is 577 g/mol. The summed E-state index contributed by atoms with van der Waals surface area (Å²) < 4.78 is 7.24. The first-order chi connectivity index (χ1) is 21.8. The Morgan fingerprint density at radius 3 is 2.30 bits per heavy atom. The molecule has 0 fully saturated rings. The van der Waals surface area contributed by atoms with Gasteiger partial charge < -0.3 is 9.32 Å². The molecule has 44 heavy (non-hydrogen) atoms. The minimum absolute atomic E-state index is 0.0585. The van der Waals surface area contributed by atoms with E-state index in [1.54, 1.807) is 17.6 Å². The molecule has 0 spiro atoms. The number of nitrogens with zero attached hydrogens (tertiary/aromatic N) is 2. The molecule has 0 saturated carbocycles. The Bertz CT molecular complexity index is 2440. The molecule has 208 valence electrons. The van der Waals surface area contributed by atoms with Crippen molar-refractivity contribution in [3.63, 3.8) is 0 Å². The fourth-order valence-electron chi connectivity index (χ4n) is 7.15. The minimum atomic E-state index is 0.0585. The number of furan rings is 1. The maximum atomic E-state index is 5.96. The van der Waals surface area contributed by atoms with Crippen LogP contribution in [0.3, 0.4) is 0 Å². The summed E-state index contributed by atoms with van der Waals surface area (Å²) in [5.41, 5.74) is 8.36. The second kappa shape index (κ2) is 9.33. The van der Waals surface area contributed by atoms with Gasteiger partial charge in [-0.1, -0.05) is 84.6 Å². The van der Waals surface area contributed by atoms with Crippen LogP contribution >= 0.6 is 23.1 Å². The highest BCUT2D eigenvalue weighted by Gasteiger charge is 2.45. The van der Waals surface area contributed by atoms with E-state index in [9.17, 15) is 0 Å². The molecule has 5 heteroatoms. The second-order valence-electron chi connectivity index (χ2n) is 11.5. The number of hydrogen-bond donors (Lipinski definition) is 0. The summed E-state index contributed by atoms with van der Waals surface area (Å²) in [6.07, 6.45) is 1.80. The van der Waals surface area contributed by atoms with Crippen LogP contribution in [0.2, 0.25) is 0 Å². The fourth-order valence-corrected chi connectivity index (χ4v) is 9.42. The molecule has 2 atom stereocenters. The zero-order chi connectivity index (χ0) is 28.8. The molecule has 8 aromatic rings. The van der Waals surface area contributed by atoms with Crippen molar-refractivity contribution < 1.29 is 4.42 Å². The zero-order valence-corrected chi connectivity index (χ0v) is 25.1. The zero-order valence-electron chi connectivity index (χ0n) is 23.5. The number of fused-ring (bicyclic) bond motifs is 11. The van der Waals surface area contributed by atoms with Crippen LogP contribution in [0.5, 0.6) is 0 Å². The molecule has 3 nitrogen and oxygen atoms in total. The molecule has 0 radical (unpaired) electrons. The molecule has 0 bridgehead atoms. The molecule has 0 N–H and O–H groups in total. The number of benzene rings is 6. The number of anilines is 2. The van der Waals surface area contributed by atoms with Crippen LogP contribution in [0.1, 0.15) is 17.2 Å². The lowest BCUT2D eigenvalue weighted by Crippen LogP contribution is -2.24. The first-order valence-corrected chi connectivity index (χ1v) is 16.6. The number of aliphatic imine (C=N–C) groups is 1. The number of para-hydroxylation sites is 1. The second-order valence-corrected chi connectivity index (χ2v) is 13.5. The molecule has 10 rings (SSSR count). The highest BCUT2D eigenvalue weighted by atomic mass is 32.2. The highest BCUT2D eigenvalue weighted by Crippen LogP contribution is 2.56. The van der Waals surface area contributed by atoms with E-state index in [2.05, 4.69) is 132 Å². The highest BCUT2D eigenvalue weighted by molar-refractivity contribution is 8.15. The minimum Gasteiger partial charge on any atom is -0.464 e. The first kappa shape index (κ1) is 24.6. The number of thioether (sulfide) groups is 1. The summed E-state index contributed by atoms with van der Waals surface area (Å²) >= 11 is 3.66. The smallest absolute Gasteiger partial charge is 0.143 e. The van der Waals surface area contributed by atoms with Crippen LogP contribution in [0, 0.1) is 0 Å². The van der Waals surface area contributed by atoms with Crippen molar-refractivity contribution in [1.29, 1.82) is 0 Å². The van der Waals surface area contributed by atoms with Crippen LogP contribution in [-0.2, 0) is 0 Å². The summed E-state index contributed by atoms with van der Waals surface area (Å²) in [5, 5.41) is 10.9. The number of thiophene rings is 1. The first-order valence-electron chi connectivity index (χ1n) is 14.8. The Labute approximate surface area is 262 Å². The molecule has 2 aromatic heterocycles. The van der Waals surface area contributed by atoms with Gasteiger partial charge in [0.25, 0.3) is 0 Å². The van der Waals surface area contributed by atoms with Crippen LogP contribution in [-0.4, -0.2) is 10.4 Å². The molecule has 2 aliphatic rings. The van der Waals surface area contributed by atoms with Crippen molar-refractivity contribution in [2.75, 3.05) is 4.90 Å². The van der Waals surface area contributed by atoms with E-state index < -0.39 is 0 Å². The fraction of sp³-hybridized carbons (Fsp3) is 0.0513. The number of hydrogen-bond acceptors (Lipinski definition) is 5. The molecule has 0 aliphatic carbocycles. The third-order valence-corrected chi connectivity index (χ3v) is 11.3. The van der Waals surface area contributed by atoms with Gasteiger partial charge in [0.2, 0.25) is 0 Å². The Balaban J connectivity index is 1.14. The summed E-state index contributed by atoms with van der Waals surface area (Å²) in [4.78, 5) is 7.86. The average molecular weight is 601 g/mol. The van der Waals surface area contributed by atoms with Crippen molar-refractivity contribution in [3.05, 3.63) is 144 Å². The Morgan fingerprint density at radius 1 is 0.636 bits per heavy atom. The topological polar surface area (TPSA) is 28.7 Å². The van der Waals surface area contributed by atoms with Crippen molar-refractivity contribution in [1.82, 2.24) is 0 Å². The summed E-state index contributed by atoms with van der Waals surface area (Å²) in [7, 11) is 0. The Kier molecular flexibility index (Phi) is 5.21. The summed E-state index contributed by atoms with van der Waals surface area (Å²) in [5.74, 6) is 0. The van der Waals surface area contributed by atoms with Crippen LogP contribution in [0.15, 0.2) is 142 Å². The van der Waals surface area contributed by atoms with E-state index in [-0.39, 0.29) is 11.4 Å². The van der Waals surface area contributed by atoms with Crippen molar-refractivity contribution >= 4 is 82.1 Å². The van der Waals surface area contributed by atoms with Gasteiger partial charge in [0.05, 0.1) is 6.26 Å². The van der Waals surface area contributed by atoms with E-state index in [0.717, 1.165) is 16.0 Å². The third kappa shape index (κ3) is 3.48. The van der Waals surface area contributed by atoms with Crippen molar-refractivity contribution in [2.24, 2.45) is 4.99 Å².